The molecule has 5 nitrogen and oxygen atoms in total. The lowest BCUT2D eigenvalue weighted by Crippen LogP contribution is -2.35. The average molecular weight is 326 g/mol. The topological polar surface area (TPSA) is 83.5 Å². The van der Waals surface area contributed by atoms with Crippen LogP contribution in [-0.4, -0.2) is 26.0 Å². The predicted molar refractivity (Wildman–Crippen MR) is 75.2 cm³/mol. The lowest BCUT2D eigenvalue weighted by Gasteiger charge is -2.16. The maximum absolute atomic E-state index is 12.0. The van der Waals surface area contributed by atoms with Crippen molar-refractivity contribution in [2.24, 2.45) is 11.8 Å². The molecule has 1 aromatic heterocycles. The molecular weight excluding hydrogens is 310 g/mol. The number of halogens is 1. The molecule has 1 heterocycles. The highest BCUT2D eigenvalue weighted by Crippen LogP contribution is 2.30. The van der Waals surface area contributed by atoms with Crippen LogP contribution in [0.25, 0.3) is 0 Å². The Labute approximate surface area is 121 Å². The molecule has 1 aromatic rings. The molecule has 0 aliphatic carbocycles. The second kappa shape index (κ2) is 6.21. The molecule has 0 aliphatic heterocycles. The molecule has 0 saturated heterocycles. The molecule has 0 aromatic carbocycles. The predicted octanol–water partition coefficient (Wildman–Crippen LogP) is 2.35. The molecular formula is C11H16ClNO4S2. The lowest BCUT2D eigenvalue weighted by molar-refractivity contribution is -0.142. The first-order chi connectivity index (χ1) is 8.65. The number of nitrogens with one attached hydrogen (secondary N) is 1. The second-order valence-electron chi connectivity index (χ2n) is 4.56. The highest BCUT2D eigenvalue weighted by molar-refractivity contribution is 7.91. The van der Waals surface area contributed by atoms with Crippen molar-refractivity contribution in [3.05, 3.63) is 16.0 Å². The van der Waals surface area contributed by atoms with E-state index in [0.717, 1.165) is 11.3 Å². The van der Waals surface area contributed by atoms with E-state index in [-0.39, 0.29) is 16.7 Å². The van der Waals surface area contributed by atoms with Crippen molar-refractivity contribution in [2.45, 2.75) is 25.0 Å². The first-order valence-electron chi connectivity index (χ1n) is 5.63. The third kappa shape index (κ3) is 4.17. The molecule has 8 heteroatoms. The normalized spacial score (nSPS) is 13.7. The minimum absolute atomic E-state index is 0.0999. The van der Waals surface area contributed by atoms with E-state index in [2.05, 4.69) is 4.72 Å². The smallest absolute Gasteiger partial charge is 0.308 e. The SMILES string of the molecule is Cc1cc(S(=O)(=O)NCC(C(=O)O)C(C)C)sc1Cl. The summed E-state index contributed by atoms with van der Waals surface area (Å²) in [5.74, 6) is -1.93. The summed E-state index contributed by atoms with van der Waals surface area (Å²) < 4.78 is 26.8. The highest BCUT2D eigenvalue weighted by atomic mass is 35.5. The summed E-state index contributed by atoms with van der Waals surface area (Å²) in [7, 11) is -3.70. The van der Waals surface area contributed by atoms with Gasteiger partial charge in [0.05, 0.1) is 10.3 Å². The van der Waals surface area contributed by atoms with E-state index < -0.39 is 21.9 Å². The van der Waals surface area contributed by atoms with Crippen LogP contribution in [0.5, 0.6) is 0 Å². The molecule has 0 saturated carbocycles. The molecule has 1 atom stereocenters. The molecule has 0 amide bonds. The summed E-state index contributed by atoms with van der Waals surface area (Å²) >= 11 is 6.79. The number of carboxylic acid groups (broad SMARTS) is 1. The van der Waals surface area contributed by atoms with Crippen LogP contribution in [0.3, 0.4) is 0 Å². The first kappa shape index (κ1) is 16.4. The summed E-state index contributed by atoms with van der Waals surface area (Å²) in [6.45, 7) is 5.05. The number of aryl methyl sites for hydroxylation is 1. The largest absolute Gasteiger partial charge is 0.481 e. The maximum atomic E-state index is 12.0. The third-order valence-electron chi connectivity index (χ3n) is 2.71. The number of aliphatic carboxylic acids is 1. The Hall–Kier alpha value is -0.630. The number of rotatable bonds is 6. The first-order valence-corrected chi connectivity index (χ1v) is 8.31. The Kier molecular flexibility index (Phi) is 5.37. The molecule has 19 heavy (non-hydrogen) atoms. The maximum Gasteiger partial charge on any atom is 0.308 e. The number of hydrogen-bond donors (Lipinski definition) is 2. The van der Waals surface area contributed by atoms with Crippen molar-refractivity contribution >= 4 is 38.9 Å². The van der Waals surface area contributed by atoms with Crippen LogP contribution in [0.4, 0.5) is 0 Å². The zero-order chi connectivity index (χ0) is 14.8. The Balaban J connectivity index is 2.83. The summed E-state index contributed by atoms with van der Waals surface area (Å²) in [6, 6.07) is 1.47. The fourth-order valence-corrected chi connectivity index (χ4v) is 4.26. The van der Waals surface area contributed by atoms with Gasteiger partial charge in [-0.05, 0) is 24.5 Å². The fraction of sp³-hybridized carbons (Fsp3) is 0.545. The Morgan fingerprint density at radius 3 is 2.47 bits per heavy atom. The monoisotopic (exact) mass is 325 g/mol. The van der Waals surface area contributed by atoms with Gasteiger partial charge in [0.15, 0.2) is 0 Å². The number of hydrogen-bond acceptors (Lipinski definition) is 4. The van der Waals surface area contributed by atoms with Gasteiger partial charge in [-0.15, -0.1) is 11.3 Å². The van der Waals surface area contributed by atoms with Crippen LogP contribution in [0.2, 0.25) is 4.34 Å². The summed E-state index contributed by atoms with van der Waals surface area (Å²) in [5.41, 5.74) is 0.686. The molecule has 1 unspecified atom stereocenters. The van der Waals surface area contributed by atoms with E-state index in [1.54, 1.807) is 20.8 Å². The van der Waals surface area contributed by atoms with Gasteiger partial charge in [0.1, 0.15) is 4.21 Å². The molecule has 0 bridgehead atoms. The van der Waals surface area contributed by atoms with Crippen LogP contribution in [-0.2, 0) is 14.8 Å². The van der Waals surface area contributed by atoms with E-state index in [1.807, 2.05) is 0 Å². The van der Waals surface area contributed by atoms with Gasteiger partial charge < -0.3 is 5.11 Å². The standard InChI is InChI=1S/C11H16ClNO4S2/c1-6(2)8(11(14)15)5-13-19(16,17)9-4-7(3)10(12)18-9/h4,6,8,13H,5H2,1-3H3,(H,14,15). The van der Waals surface area contributed by atoms with Crippen molar-refractivity contribution in [1.82, 2.24) is 4.72 Å². The van der Waals surface area contributed by atoms with Gasteiger partial charge in [0.25, 0.3) is 0 Å². The van der Waals surface area contributed by atoms with Crippen molar-refractivity contribution in [3.63, 3.8) is 0 Å². The Bertz CT molecular complexity index is 546. The van der Waals surface area contributed by atoms with Crippen molar-refractivity contribution in [3.8, 4) is 0 Å². The van der Waals surface area contributed by atoms with Gasteiger partial charge in [-0.3, -0.25) is 4.79 Å². The van der Waals surface area contributed by atoms with Gasteiger partial charge in [-0.2, -0.15) is 0 Å². The summed E-state index contributed by atoms with van der Waals surface area (Å²) in [4.78, 5) is 11.0. The Morgan fingerprint density at radius 1 is 1.53 bits per heavy atom. The molecule has 108 valence electrons. The van der Waals surface area contributed by atoms with E-state index in [0.29, 0.717) is 9.90 Å². The zero-order valence-corrected chi connectivity index (χ0v) is 13.2. The Morgan fingerprint density at radius 2 is 2.11 bits per heavy atom. The van der Waals surface area contributed by atoms with Gasteiger partial charge in [0, 0.05) is 6.54 Å². The summed E-state index contributed by atoms with van der Waals surface area (Å²) in [6.07, 6.45) is 0. The highest BCUT2D eigenvalue weighted by Gasteiger charge is 2.25. The third-order valence-corrected chi connectivity index (χ3v) is 6.17. The molecule has 0 aliphatic rings. The van der Waals surface area contributed by atoms with Gasteiger partial charge in [-0.1, -0.05) is 25.4 Å². The van der Waals surface area contributed by atoms with Crippen molar-refractivity contribution in [1.29, 1.82) is 0 Å². The van der Waals surface area contributed by atoms with E-state index in [1.165, 1.54) is 6.07 Å². The van der Waals surface area contributed by atoms with Gasteiger partial charge in [-0.25, -0.2) is 13.1 Å². The lowest BCUT2D eigenvalue weighted by atomic mass is 9.97. The van der Waals surface area contributed by atoms with Crippen LogP contribution in [0.15, 0.2) is 10.3 Å². The number of carboxylic acids is 1. The second-order valence-corrected chi connectivity index (χ2v) is 8.21. The number of sulfonamides is 1. The average Bonchev–Trinajstić information content (AvgIpc) is 2.59. The molecule has 2 N–H and O–H groups in total. The zero-order valence-electron chi connectivity index (χ0n) is 10.8. The van der Waals surface area contributed by atoms with Crippen molar-refractivity contribution in [2.75, 3.05) is 6.54 Å². The molecule has 0 radical (unpaired) electrons. The van der Waals surface area contributed by atoms with E-state index in [9.17, 15) is 13.2 Å². The van der Waals surface area contributed by atoms with Crippen LogP contribution in [0.1, 0.15) is 19.4 Å². The van der Waals surface area contributed by atoms with E-state index in [4.69, 9.17) is 16.7 Å². The minimum atomic E-state index is -3.70. The van der Waals surface area contributed by atoms with E-state index >= 15 is 0 Å². The van der Waals surface area contributed by atoms with Crippen LogP contribution < -0.4 is 4.72 Å². The van der Waals surface area contributed by atoms with Crippen LogP contribution >= 0.6 is 22.9 Å². The van der Waals surface area contributed by atoms with Gasteiger partial charge >= 0.3 is 5.97 Å². The molecule has 1 rings (SSSR count). The van der Waals surface area contributed by atoms with Gasteiger partial charge in [0.2, 0.25) is 10.0 Å². The minimum Gasteiger partial charge on any atom is -0.481 e. The molecule has 0 fully saturated rings. The fourth-order valence-electron chi connectivity index (χ4n) is 1.44. The number of thiophene rings is 1. The quantitative estimate of drug-likeness (QED) is 0.841. The molecule has 0 spiro atoms. The summed E-state index contributed by atoms with van der Waals surface area (Å²) in [5, 5.41) is 9.01. The van der Waals surface area contributed by atoms with Crippen LogP contribution in [0, 0.1) is 18.8 Å². The number of carbonyl (C=O) groups is 1. The van der Waals surface area contributed by atoms with Crippen molar-refractivity contribution < 1.29 is 18.3 Å².